The van der Waals surface area contributed by atoms with Gasteiger partial charge in [0.25, 0.3) is 0 Å². The molecule has 1 aromatic rings. The van der Waals surface area contributed by atoms with E-state index in [0.717, 1.165) is 31.0 Å². The number of unbranched alkanes of at least 4 members (excludes halogenated alkanes) is 2. The third-order valence-electron chi connectivity index (χ3n) is 3.64. The number of carbonyl (C=O) groups excluding carboxylic acids is 3. The molecular formula is C18H24N2O5S. The molecule has 0 radical (unpaired) electrons. The van der Waals surface area contributed by atoms with Gasteiger partial charge in [0.2, 0.25) is 11.8 Å². The van der Waals surface area contributed by atoms with Crippen LogP contribution in [-0.2, 0) is 14.4 Å². The quantitative estimate of drug-likeness (QED) is 0.639. The van der Waals surface area contributed by atoms with Gasteiger partial charge in [-0.25, -0.2) is 0 Å². The van der Waals surface area contributed by atoms with E-state index in [4.69, 9.17) is 9.47 Å². The van der Waals surface area contributed by atoms with E-state index in [9.17, 15) is 14.4 Å². The molecule has 1 aromatic carbocycles. The second-order valence-corrected chi connectivity index (χ2v) is 7.00. The van der Waals surface area contributed by atoms with Crippen molar-refractivity contribution < 1.29 is 23.9 Å². The van der Waals surface area contributed by atoms with Gasteiger partial charge in [0.05, 0.1) is 5.75 Å². The maximum atomic E-state index is 12.0. The number of amides is 2. The van der Waals surface area contributed by atoms with Crippen LogP contribution in [0.4, 0.5) is 5.69 Å². The van der Waals surface area contributed by atoms with Crippen LogP contribution in [0.25, 0.3) is 0 Å². The molecule has 2 N–H and O–H groups in total. The lowest BCUT2D eigenvalue weighted by atomic mass is 10.2. The predicted octanol–water partition coefficient (Wildman–Crippen LogP) is 2.35. The molecule has 26 heavy (non-hydrogen) atoms. The molecule has 0 atom stereocenters. The number of thioether (sulfide) groups is 1. The van der Waals surface area contributed by atoms with Crippen LogP contribution in [0.5, 0.6) is 11.5 Å². The molecule has 8 heteroatoms. The molecule has 0 unspecified atom stereocenters. The van der Waals surface area contributed by atoms with Gasteiger partial charge in [-0.15, -0.1) is 0 Å². The minimum atomic E-state index is -0.137. The Labute approximate surface area is 157 Å². The second kappa shape index (κ2) is 10.7. The van der Waals surface area contributed by atoms with Crippen LogP contribution in [0.1, 0.15) is 32.6 Å². The van der Waals surface area contributed by atoms with Gasteiger partial charge in [0, 0.05) is 31.6 Å². The zero-order chi connectivity index (χ0) is 18.8. The van der Waals surface area contributed by atoms with Crippen LogP contribution >= 0.6 is 11.8 Å². The van der Waals surface area contributed by atoms with Crippen molar-refractivity contribution >= 4 is 34.4 Å². The first-order valence-electron chi connectivity index (χ1n) is 8.64. The number of hydrogen-bond donors (Lipinski definition) is 2. The topological polar surface area (TPSA) is 93.7 Å². The van der Waals surface area contributed by atoms with Crippen LogP contribution in [0, 0.1) is 0 Å². The van der Waals surface area contributed by atoms with Crippen molar-refractivity contribution in [2.24, 2.45) is 0 Å². The Morgan fingerprint density at radius 3 is 2.58 bits per heavy atom. The van der Waals surface area contributed by atoms with Gasteiger partial charge in [-0.05, 0) is 25.0 Å². The first kappa shape index (κ1) is 20.1. The molecule has 1 heterocycles. The standard InChI is InChI=1S/C18H24N2O5S/c1-13(21)26-12-18(23)19-8-4-2-3-5-17(22)20-14-6-7-15-16(11-14)25-10-9-24-15/h6-7,11H,2-5,8-10,12H2,1H3,(H,19,23)(H,20,22). The summed E-state index contributed by atoms with van der Waals surface area (Å²) in [7, 11) is 0. The summed E-state index contributed by atoms with van der Waals surface area (Å²) in [5.41, 5.74) is 0.689. The monoisotopic (exact) mass is 380 g/mol. The molecule has 0 spiro atoms. The maximum Gasteiger partial charge on any atom is 0.230 e. The van der Waals surface area contributed by atoms with E-state index in [1.165, 1.54) is 6.92 Å². The summed E-state index contributed by atoms with van der Waals surface area (Å²) in [5.74, 6) is 1.31. The highest BCUT2D eigenvalue weighted by molar-refractivity contribution is 8.14. The summed E-state index contributed by atoms with van der Waals surface area (Å²) >= 11 is 1.00. The number of nitrogens with one attached hydrogen (secondary N) is 2. The third-order valence-corrected chi connectivity index (χ3v) is 4.45. The molecule has 2 rings (SSSR count). The summed E-state index contributed by atoms with van der Waals surface area (Å²) in [6, 6.07) is 5.35. The lowest BCUT2D eigenvalue weighted by Gasteiger charge is -2.19. The first-order valence-corrected chi connectivity index (χ1v) is 9.63. The molecular weight excluding hydrogens is 356 g/mol. The van der Waals surface area contributed by atoms with Gasteiger partial charge < -0.3 is 20.1 Å². The van der Waals surface area contributed by atoms with E-state index in [1.54, 1.807) is 18.2 Å². The van der Waals surface area contributed by atoms with Gasteiger partial charge in [0.1, 0.15) is 13.2 Å². The predicted molar refractivity (Wildman–Crippen MR) is 101 cm³/mol. The van der Waals surface area contributed by atoms with Crippen molar-refractivity contribution in [3.63, 3.8) is 0 Å². The fourth-order valence-corrected chi connectivity index (χ4v) is 2.81. The summed E-state index contributed by atoms with van der Waals surface area (Å²) in [4.78, 5) is 34.2. The number of carbonyl (C=O) groups is 3. The van der Waals surface area contributed by atoms with Gasteiger partial charge in [0.15, 0.2) is 16.6 Å². The SMILES string of the molecule is CC(=O)SCC(=O)NCCCCCC(=O)Nc1ccc2c(c1)OCCO2. The molecule has 0 aliphatic carbocycles. The number of hydrogen-bond acceptors (Lipinski definition) is 6. The van der Waals surface area contributed by atoms with E-state index in [0.29, 0.717) is 43.4 Å². The Morgan fingerprint density at radius 2 is 1.81 bits per heavy atom. The van der Waals surface area contributed by atoms with E-state index in [2.05, 4.69) is 10.6 Å². The smallest absolute Gasteiger partial charge is 0.230 e. The normalized spacial score (nSPS) is 12.3. The summed E-state index contributed by atoms with van der Waals surface area (Å²) in [6.07, 6.45) is 2.81. The van der Waals surface area contributed by atoms with Crippen LogP contribution in [0.3, 0.4) is 0 Å². The van der Waals surface area contributed by atoms with Crippen molar-refractivity contribution in [1.82, 2.24) is 5.32 Å². The van der Waals surface area contributed by atoms with Crippen molar-refractivity contribution in [3.05, 3.63) is 18.2 Å². The lowest BCUT2D eigenvalue weighted by molar-refractivity contribution is -0.119. The van der Waals surface area contributed by atoms with Gasteiger partial charge >= 0.3 is 0 Å². The summed E-state index contributed by atoms with van der Waals surface area (Å²) in [5, 5.41) is 5.54. The highest BCUT2D eigenvalue weighted by Crippen LogP contribution is 2.32. The second-order valence-electron chi connectivity index (χ2n) is 5.85. The van der Waals surface area contributed by atoms with Crippen LogP contribution in [0.2, 0.25) is 0 Å². The zero-order valence-electron chi connectivity index (χ0n) is 14.8. The number of ether oxygens (including phenoxy) is 2. The lowest BCUT2D eigenvalue weighted by Crippen LogP contribution is -2.26. The molecule has 0 aromatic heterocycles. The molecule has 0 bridgehead atoms. The Bertz CT molecular complexity index is 650. The Balaban J connectivity index is 1.56. The highest BCUT2D eigenvalue weighted by Gasteiger charge is 2.12. The van der Waals surface area contributed by atoms with Crippen molar-refractivity contribution in [3.8, 4) is 11.5 Å². The number of fused-ring (bicyclic) bond motifs is 1. The summed E-state index contributed by atoms with van der Waals surface area (Å²) in [6.45, 7) is 3.04. The molecule has 0 fully saturated rings. The summed E-state index contributed by atoms with van der Waals surface area (Å²) < 4.78 is 10.9. The van der Waals surface area contributed by atoms with Gasteiger partial charge in [-0.2, -0.15) is 0 Å². The number of benzene rings is 1. The molecule has 1 aliphatic heterocycles. The Hall–Kier alpha value is -2.22. The van der Waals surface area contributed by atoms with Crippen LogP contribution in [-0.4, -0.2) is 42.4 Å². The average Bonchev–Trinajstić information content (AvgIpc) is 2.62. The first-order chi connectivity index (χ1) is 12.5. The van der Waals surface area contributed by atoms with E-state index in [1.807, 2.05) is 0 Å². The Kier molecular flexibility index (Phi) is 8.27. The van der Waals surface area contributed by atoms with Crippen molar-refractivity contribution in [2.75, 3.05) is 30.8 Å². The fourth-order valence-electron chi connectivity index (χ4n) is 2.38. The van der Waals surface area contributed by atoms with Crippen LogP contribution in [0.15, 0.2) is 18.2 Å². The minimum Gasteiger partial charge on any atom is -0.486 e. The minimum absolute atomic E-state index is 0.0522. The van der Waals surface area contributed by atoms with E-state index >= 15 is 0 Å². The molecule has 1 aliphatic rings. The molecule has 2 amide bonds. The number of anilines is 1. The zero-order valence-corrected chi connectivity index (χ0v) is 15.7. The van der Waals surface area contributed by atoms with Crippen molar-refractivity contribution in [1.29, 1.82) is 0 Å². The third kappa shape index (κ3) is 7.35. The van der Waals surface area contributed by atoms with E-state index < -0.39 is 0 Å². The van der Waals surface area contributed by atoms with E-state index in [-0.39, 0.29) is 22.7 Å². The largest absolute Gasteiger partial charge is 0.486 e. The number of rotatable bonds is 9. The van der Waals surface area contributed by atoms with Gasteiger partial charge in [-0.3, -0.25) is 14.4 Å². The Morgan fingerprint density at radius 1 is 1.04 bits per heavy atom. The average molecular weight is 380 g/mol. The molecule has 7 nitrogen and oxygen atoms in total. The molecule has 142 valence electrons. The van der Waals surface area contributed by atoms with Gasteiger partial charge in [-0.1, -0.05) is 18.2 Å². The maximum absolute atomic E-state index is 12.0. The molecule has 0 saturated carbocycles. The van der Waals surface area contributed by atoms with Crippen molar-refractivity contribution in [2.45, 2.75) is 32.6 Å². The highest BCUT2D eigenvalue weighted by atomic mass is 32.2. The molecule has 0 saturated heterocycles. The van der Waals surface area contributed by atoms with Crippen LogP contribution < -0.4 is 20.1 Å². The fraction of sp³-hybridized carbons (Fsp3) is 0.500.